The molecule has 2 rings (SSSR count). The molecule has 2 aromatic rings. The van der Waals surface area contributed by atoms with Crippen LogP contribution in [0.25, 0.3) is 5.69 Å². The maximum atomic E-state index is 12.4. The Balaban J connectivity index is 2.76. The van der Waals surface area contributed by atoms with Crippen molar-refractivity contribution in [2.24, 2.45) is 5.73 Å². The van der Waals surface area contributed by atoms with Crippen LogP contribution in [0.1, 0.15) is 22.4 Å². The van der Waals surface area contributed by atoms with Gasteiger partial charge in [-0.05, 0) is 50.1 Å². The zero-order valence-corrected chi connectivity index (χ0v) is 11.0. The minimum Gasteiger partial charge on any atom is -0.326 e. The van der Waals surface area contributed by atoms with Crippen molar-refractivity contribution in [2.75, 3.05) is 0 Å². The van der Waals surface area contributed by atoms with Gasteiger partial charge in [0, 0.05) is 23.5 Å². The predicted molar refractivity (Wildman–Crippen MR) is 74.1 cm³/mol. The van der Waals surface area contributed by atoms with Crippen molar-refractivity contribution < 1.29 is 0 Å². The molecule has 1 aromatic heterocycles. The normalized spacial score (nSPS) is 10.7. The third kappa shape index (κ3) is 2.09. The fourth-order valence-electron chi connectivity index (χ4n) is 2.27. The zero-order valence-electron chi connectivity index (χ0n) is 11.0. The number of nitrogens with zero attached hydrogens (tertiary/aromatic N) is 1. The van der Waals surface area contributed by atoms with Gasteiger partial charge in [0.25, 0.3) is 5.56 Å². The molecule has 18 heavy (non-hydrogen) atoms. The smallest absolute Gasteiger partial charge is 0.260 e. The first kappa shape index (κ1) is 12.6. The number of hydrogen-bond donors (Lipinski definition) is 1. The van der Waals surface area contributed by atoms with Crippen LogP contribution >= 0.6 is 0 Å². The molecule has 1 aromatic carbocycles. The summed E-state index contributed by atoms with van der Waals surface area (Å²) in [5, 5.41) is 0. The van der Waals surface area contributed by atoms with Gasteiger partial charge in [-0.15, -0.1) is 0 Å². The van der Waals surface area contributed by atoms with E-state index in [4.69, 9.17) is 5.73 Å². The summed E-state index contributed by atoms with van der Waals surface area (Å²) in [5.74, 6) is 0. The molecule has 3 nitrogen and oxygen atoms in total. The molecule has 1 heterocycles. The van der Waals surface area contributed by atoms with Crippen molar-refractivity contribution in [3.8, 4) is 5.69 Å². The van der Waals surface area contributed by atoms with Gasteiger partial charge >= 0.3 is 0 Å². The second-order valence-corrected chi connectivity index (χ2v) is 4.63. The van der Waals surface area contributed by atoms with E-state index < -0.39 is 0 Å². The van der Waals surface area contributed by atoms with Gasteiger partial charge in [-0.3, -0.25) is 9.36 Å². The summed E-state index contributed by atoms with van der Waals surface area (Å²) < 4.78 is 1.72. The molecule has 0 radical (unpaired) electrons. The van der Waals surface area contributed by atoms with Crippen LogP contribution in [0.4, 0.5) is 0 Å². The average Bonchev–Trinajstić information content (AvgIpc) is 2.28. The molecular weight excluding hydrogens is 224 g/mol. The lowest BCUT2D eigenvalue weighted by molar-refractivity contribution is 0.875. The first-order valence-corrected chi connectivity index (χ1v) is 6.04. The van der Waals surface area contributed by atoms with Gasteiger partial charge in [-0.2, -0.15) is 0 Å². The lowest BCUT2D eigenvalue weighted by atomic mass is 10.1. The molecule has 0 bridgehead atoms. The van der Waals surface area contributed by atoms with Crippen LogP contribution in [-0.2, 0) is 6.54 Å². The molecule has 0 fully saturated rings. The van der Waals surface area contributed by atoms with Gasteiger partial charge in [0.05, 0.1) is 0 Å². The number of rotatable bonds is 2. The molecule has 0 unspecified atom stereocenters. The molecule has 0 atom stereocenters. The molecule has 0 aliphatic rings. The third-order valence-corrected chi connectivity index (χ3v) is 3.18. The number of nitrogens with two attached hydrogens (primary N) is 1. The Hall–Kier alpha value is -1.87. The summed E-state index contributed by atoms with van der Waals surface area (Å²) in [7, 11) is 0. The highest BCUT2D eigenvalue weighted by atomic mass is 16.1. The van der Waals surface area contributed by atoms with Gasteiger partial charge in [-0.25, -0.2) is 0 Å². The van der Waals surface area contributed by atoms with Gasteiger partial charge in [0.15, 0.2) is 0 Å². The van der Waals surface area contributed by atoms with Crippen LogP contribution in [0.2, 0.25) is 0 Å². The van der Waals surface area contributed by atoms with Gasteiger partial charge in [-0.1, -0.05) is 12.1 Å². The number of aromatic nitrogens is 1. The van der Waals surface area contributed by atoms with Gasteiger partial charge < -0.3 is 5.73 Å². The summed E-state index contributed by atoms with van der Waals surface area (Å²) in [6.45, 7) is 6.16. The van der Waals surface area contributed by atoms with Crippen molar-refractivity contribution in [3.63, 3.8) is 0 Å². The van der Waals surface area contributed by atoms with E-state index in [0.29, 0.717) is 5.56 Å². The van der Waals surface area contributed by atoms with Crippen molar-refractivity contribution in [3.05, 3.63) is 63.1 Å². The van der Waals surface area contributed by atoms with Crippen LogP contribution in [0.5, 0.6) is 0 Å². The van der Waals surface area contributed by atoms with Crippen molar-refractivity contribution in [2.45, 2.75) is 27.3 Å². The van der Waals surface area contributed by atoms with E-state index >= 15 is 0 Å². The minimum atomic E-state index is -0.0133. The highest BCUT2D eigenvalue weighted by molar-refractivity contribution is 5.40. The van der Waals surface area contributed by atoms with E-state index in [2.05, 4.69) is 0 Å². The summed E-state index contributed by atoms with van der Waals surface area (Å²) in [5.41, 5.74) is 10.3. The largest absolute Gasteiger partial charge is 0.326 e. The Bertz CT molecular complexity index is 641. The summed E-state index contributed by atoms with van der Waals surface area (Å²) >= 11 is 0. The molecule has 2 N–H and O–H groups in total. The van der Waals surface area contributed by atoms with Gasteiger partial charge in [0.1, 0.15) is 0 Å². The second kappa shape index (κ2) is 4.78. The standard InChI is InChI=1S/C15H18N2O/c1-10-5-4-6-13(7-10)17-12(3)8-11(2)14(9-16)15(17)18/h4-8H,9,16H2,1-3H3. The highest BCUT2D eigenvalue weighted by Gasteiger charge is 2.10. The molecule has 94 valence electrons. The lowest BCUT2D eigenvalue weighted by Gasteiger charge is -2.14. The average molecular weight is 242 g/mol. The molecule has 0 saturated heterocycles. The molecule has 3 heteroatoms. The number of pyridine rings is 1. The summed E-state index contributed by atoms with van der Waals surface area (Å²) in [6.07, 6.45) is 0. The van der Waals surface area contributed by atoms with Crippen LogP contribution in [0.3, 0.4) is 0 Å². The fourth-order valence-corrected chi connectivity index (χ4v) is 2.27. The van der Waals surface area contributed by atoms with Crippen LogP contribution in [0, 0.1) is 20.8 Å². The van der Waals surface area contributed by atoms with Crippen molar-refractivity contribution in [1.29, 1.82) is 0 Å². The van der Waals surface area contributed by atoms with E-state index in [1.165, 1.54) is 0 Å². The lowest BCUT2D eigenvalue weighted by Crippen LogP contribution is -2.27. The van der Waals surface area contributed by atoms with Crippen LogP contribution in [-0.4, -0.2) is 4.57 Å². The Kier molecular flexibility index (Phi) is 3.34. The topological polar surface area (TPSA) is 48.0 Å². The zero-order chi connectivity index (χ0) is 13.3. The van der Waals surface area contributed by atoms with E-state index in [9.17, 15) is 4.79 Å². The van der Waals surface area contributed by atoms with E-state index in [1.54, 1.807) is 4.57 Å². The number of aryl methyl sites for hydroxylation is 3. The molecule has 0 aliphatic carbocycles. The van der Waals surface area contributed by atoms with E-state index in [1.807, 2.05) is 51.1 Å². The maximum absolute atomic E-state index is 12.4. The quantitative estimate of drug-likeness (QED) is 0.877. The van der Waals surface area contributed by atoms with E-state index in [0.717, 1.165) is 22.5 Å². The van der Waals surface area contributed by atoms with Crippen LogP contribution in [0.15, 0.2) is 35.1 Å². The Morgan fingerprint density at radius 1 is 1.17 bits per heavy atom. The monoisotopic (exact) mass is 242 g/mol. The molecule has 0 aliphatic heterocycles. The molecule has 0 saturated carbocycles. The fraction of sp³-hybridized carbons (Fsp3) is 0.267. The summed E-state index contributed by atoms with van der Waals surface area (Å²) in [4.78, 5) is 12.4. The first-order chi connectivity index (χ1) is 8.54. The Morgan fingerprint density at radius 2 is 1.89 bits per heavy atom. The molecule has 0 amide bonds. The minimum absolute atomic E-state index is 0.0133. The summed E-state index contributed by atoms with van der Waals surface area (Å²) in [6, 6.07) is 9.92. The Labute approximate surface area is 107 Å². The first-order valence-electron chi connectivity index (χ1n) is 6.04. The number of benzene rings is 1. The van der Waals surface area contributed by atoms with Gasteiger partial charge in [0.2, 0.25) is 0 Å². The molecule has 0 spiro atoms. The third-order valence-electron chi connectivity index (χ3n) is 3.18. The van der Waals surface area contributed by atoms with Crippen molar-refractivity contribution in [1.82, 2.24) is 4.57 Å². The second-order valence-electron chi connectivity index (χ2n) is 4.63. The van der Waals surface area contributed by atoms with E-state index in [-0.39, 0.29) is 12.1 Å². The molecular formula is C15H18N2O. The highest BCUT2D eigenvalue weighted by Crippen LogP contribution is 2.13. The Morgan fingerprint density at radius 3 is 2.50 bits per heavy atom. The van der Waals surface area contributed by atoms with Crippen LogP contribution < -0.4 is 11.3 Å². The number of hydrogen-bond acceptors (Lipinski definition) is 2. The van der Waals surface area contributed by atoms with Crippen molar-refractivity contribution >= 4 is 0 Å². The maximum Gasteiger partial charge on any atom is 0.260 e. The predicted octanol–water partition coefficient (Wildman–Crippen LogP) is 2.22. The SMILES string of the molecule is Cc1cccc(-n2c(C)cc(C)c(CN)c2=O)c1.